The van der Waals surface area contributed by atoms with Gasteiger partial charge in [-0.2, -0.15) is 0 Å². The van der Waals surface area contributed by atoms with Crippen LogP contribution in [0.3, 0.4) is 0 Å². The van der Waals surface area contributed by atoms with Gasteiger partial charge in [0.1, 0.15) is 0 Å². The summed E-state index contributed by atoms with van der Waals surface area (Å²) in [5.41, 5.74) is 0.506. The minimum absolute atomic E-state index is 0.506. The number of hydrogen-bond donors (Lipinski definition) is 1. The fraction of sp³-hybridized carbons (Fsp3) is 1.00. The van der Waals surface area contributed by atoms with E-state index in [-0.39, 0.29) is 0 Å². The highest BCUT2D eigenvalue weighted by Crippen LogP contribution is 2.37. The van der Waals surface area contributed by atoms with Gasteiger partial charge in [0.15, 0.2) is 0 Å². The summed E-state index contributed by atoms with van der Waals surface area (Å²) in [4.78, 5) is 0. The fourth-order valence-electron chi connectivity index (χ4n) is 4.30. The van der Waals surface area contributed by atoms with Gasteiger partial charge in [0.05, 0.1) is 0 Å². The molecule has 0 bridgehead atoms. The van der Waals surface area contributed by atoms with Crippen molar-refractivity contribution in [3.8, 4) is 0 Å². The zero-order chi connectivity index (χ0) is 13.9. The second-order valence-corrected chi connectivity index (χ2v) is 8.27. The van der Waals surface area contributed by atoms with Gasteiger partial charge >= 0.3 is 0 Å². The van der Waals surface area contributed by atoms with Crippen LogP contribution in [0.1, 0.15) is 85.5 Å². The van der Waals surface area contributed by atoms with E-state index in [1.54, 1.807) is 0 Å². The summed E-state index contributed by atoms with van der Waals surface area (Å²) in [6, 6.07) is 1.54. The molecule has 0 aliphatic heterocycles. The molecule has 1 N–H and O–H groups in total. The summed E-state index contributed by atoms with van der Waals surface area (Å²) in [5.74, 6) is 1.89. The number of rotatable bonds is 3. The maximum atomic E-state index is 3.97. The molecule has 2 aliphatic rings. The Morgan fingerprint density at radius 3 is 2.16 bits per heavy atom. The number of hydrogen-bond acceptors (Lipinski definition) is 1. The molecule has 3 atom stereocenters. The van der Waals surface area contributed by atoms with Crippen LogP contribution in [0, 0.1) is 17.3 Å². The third kappa shape index (κ3) is 4.48. The molecule has 112 valence electrons. The van der Waals surface area contributed by atoms with Crippen LogP contribution in [-0.2, 0) is 0 Å². The van der Waals surface area contributed by atoms with E-state index in [0.717, 1.165) is 23.9 Å². The highest BCUT2D eigenvalue weighted by molar-refractivity contribution is 4.85. The molecule has 0 aromatic carbocycles. The van der Waals surface area contributed by atoms with Gasteiger partial charge in [-0.1, -0.05) is 40.0 Å². The van der Waals surface area contributed by atoms with Crippen LogP contribution in [-0.4, -0.2) is 12.1 Å². The van der Waals surface area contributed by atoms with Crippen LogP contribution in [0.4, 0.5) is 0 Å². The second kappa shape index (κ2) is 6.61. The largest absolute Gasteiger partial charge is 0.311 e. The second-order valence-electron chi connectivity index (χ2n) is 8.27. The van der Waals surface area contributed by atoms with Crippen molar-refractivity contribution in [2.75, 3.05) is 0 Å². The Kier molecular flexibility index (Phi) is 5.34. The molecule has 0 aromatic rings. The van der Waals surface area contributed by atoms with Gasteiger partial charge in [-0.05, 0) is 62.7 Å². The van der Waals surface area contributed by atoms with E-state index in [1.165, 1.54) is 57.8 Å². The molecule has 0 spiro atoms. The van der Waals surface area contributed by atoms with Crippen molar-refractivity contribution in [3.63, 3.8) is 0 Å². The van der Waals surface area contributed by atoms with E-state index < -0.39 is 0 Å². The first kappa shape index (κ1) is 15.4. The molecule has 0 amide bonds. The Bertz CT molecular complexity index is 259. The Morgan fingerprint density at radius 1 is 0.842 bits per heavy atom. The highest BCUT2D eigenvalue weighted by atomic mass is 15.0. The van der Waals surface area contributed by atoms with Gasteiger partial charge < -0.3 is 5.32 Å². The Labute approximate surface area is 120 Å². The van der Waals surface area contributed by atoms with Crippen molar-refractivity contribution >= 4 is 0 Å². The van der Waals surface area contributed by atoms with Crippen LogP contribution in [0.2, 0.25) is 0 Å². The van der Waals surface area contributed by atoms with Crippen molar-refractivity contribution in [2.24, 2.45) is 17.3 Å². The zero-order valence-corrected chi connectivity index (χ0v) is 13.7. The fourth-order valence-corrected chi connectivity index (χ4v) is 4.30. The molecule has 1 nitrogen and oxygen atoms in total. The van der Waals surface area contributed by atoms with Gasteiger partial charge in [0.25, 0.3) is 0 Å². The third-order valence-electron chi connectivity index (χ3n) is 5.80. The predicted octanol–water partition coefficient (Wildman–Crippen LogP) is 5.15. The molecule has 2 aliphatic carbocycles. The van der Waals surface area contributed by atoms with Crippen LogP contribution < -0.4 is 5.32 Å². The van der Waals surface area contributed by atoms with Crippen LogP contribution >= 0.6 is 0 Å². The van der Waals surface area contributed by atoms with E-state index in [2.05, 4.69) is 33.0 Å². The van der Waals surface area contributed by atoms with Crippen LogP contribution in [0.5, 0.6) is 0 Å². The quantitative estimate of drug-likeness (QED) is 0.696. The molecule has 0 aromatic heterocycles. The summed E-state index contributed by atoms with van der Waals surface area (Å²) >= 11 is 0. The summed E-state index contributed by atoms with van der Waals surface area (Å²) in [7, 11) is 0. The lowest BCUT2D eigenvalue weighted by molar-refractivity contribution is 0.212. The lowest BCUT2D eigenvalue weighted by atomic mass is 9.76. The molecule has 2 fully saturated rings. The Morgan fingerprint density at radius 2 is 1.53 bits per heavy atom. The molecule has 2 unspecified atom stereocenters. The lowest BCUT2D eigenvalue weighted by Crippen LogP contribution is -2.40. The van der Waals surface area contributed by atoms with Crippen molar-refractivity contribution in [1.29, 1.82) is 0 Å². The first-order valence-corrected chi connectivity index (χ1v) is 8.73. The minimum Gasteiger partial charge on any atom is -0.311 e. The maximum absolute atomic E-state index is 3.97. The van der Waals surface area contributed by atoms with Crippen molar-refractivity contribution in [3.05, 3.63) is 0 Å². The summed E-state index contributed by atoms with van der Waals surface area (Å²) in [5, 5.41) is 3.97. The molecule has 0 saturated heterocycles. The van der Waals surface area contributed by atoms with E-state index in [4.69, 9.17) is 0 Å². The standard InChI is InChI=1S/C18H35N/c1-14(15-8-5-6-9-15)19-17-11-7-10-16(12-13-17)18(2,3)4/h14-17,19H,5-13H2,1-4H3/t14-,16?,17?/m1/s1. The molecule has 0 radical (unpaired) electrons. The van der Waals surface area contributed by atoms with E-state index >= 15 is 0 Å². The Balaban J connectivity index is 1.79. The average molecular weight is 265 g/mol. The molecule has 2 rings (SSSR count). The predicted molar refractivity (Wildman–Crippen MR) is 84.4 cm³/mol. The maximum Gasteiger partial charge on any atom is 0.00697 e. The van der Waals surface area contributed by atoms with Gasteiger partial charge in [-0.15, -0.1) is 0 Å². The normalized spacial score (nSPS) is 32.2. The average Bonchev–Trinajstić information content (AvgIpc) is 2.75. The highest BCUT2D eigenvalue weighted by Gasteiger charge is 2.29. The van der Waals surface area contributed by atoms with Gasteiger partial charge in [0.2, 0.25) is 0 Å². The molecule has 0 heterocycles. The van der Waals surface area contributed by atoms with Crippen molar-refractivity contribution in [1.82, 2.24) is 5.32 Å². The summed E-state index contributed by atoms with van der Waals surface area (Å²) in [6.45, 7) is 9.70. The first-order chi connectivity index (χ1) is 8.97. The summed E-state index contributed by atoms with van der Waals surface area (Å²) < 4.78 is 0. The minimum atomic E-state index is 0.506. The molecular weight excluding hydrogens is 230 g/mol. The topological polar surface area (TPSA) is 12.0 Å². The molecule has 1 heteroatoms. The van der Waals surface area contributed by atoms with Gasteiger partial charge in [0, 0.05) is 12.1 Å². The van der Waals surface area contributed by atoms with E-state index in [9.17, 15) is 0 Å². The lowest BCUT2D eigenvalue weighted by Gasteiger charge is -2.30. The monoisotopic (exact) mass is 265 g/mol. The molecule has 19 heavy (non-hydrogen) atoms. The molecular formula is C18H35N. The van der Waals surface area contributed by atoms with E-state index in [1.807, 2.05) is 0 Å². The van der Waals surface area contributed by atoms with Crippen LogP contribution in [0.25, 0.3) is 0 Å². The van der Waals surface area contributed by atoms with Crippen molar-refractivity contribution < 1.29 is 0 Å². The first-order valence-electron chi connectivity index (χ1n) is 8.73. The third-order valence-corrected chi connectivity index (χ3v) is 5.80. The SMILES string of the molecule is C[C@@H](NC1CCCC(C(C)(C)C)CC1)C1CCCC1. The smallest absolute Gasteiger partial charge is 0.00697 e. The van der Waals surface area contributed by atoms with Gasteiger partial charge in [-0.25, -0.2) is 0 Å². The van der Waals surface area contributed by atoms with Gasteiger partial charge in [-0.3, -0.25) is 0 Å². The molecule has 2 saturated carbocycles. The number of nitrogens with one attached hydrogen (secondary N) is 1. The van der Waals surface area contributed by atoms with Crippen molar-refractivity contribution in [2.45, 2.75) is 97.6 Å². The summed E-state index contributed by atoms with van der Waals surface area (Å²) in [6.07, 6.45) is 13.0. The van der Waals surface area contributed by atoms with E-state index in [0.29, 0.717) is 5.41 Å². The Hall–Kier alpha value is -0.0400. The van der Waals surface area contributed by atoms with Crippen LogP contribution in [0.15, 0.2) is 0 Å². The zero-order valence-electron chi connectivity index (χ0n) is 13.7.